The molecule has 166 valence electrons. The summed E-state index contributed by atoms with van der Waals surface area (Å²) in [6, 6.07) is 10.1. The molecule has 0 fully saturated rings. The first kappa shape index (κ1) is 23.8. The number of nitrogens with zero attached hydrogens (tertiary/aromatic N) is 1. The van der Waals surface area contributed by atoms with Gasteiger partial charge < -0.3 is 10.1 Å². The molecule has 1 unspecified atom stereocenters. The number of hydrogen-bond donors (Lipinski definition) is 2. The van der Waals surface area contributed by atoms with Crippen molar-refractivity contribution < 1.29 is 27.7 Å². The van der Waals surface area contributed by atoms with Gasteiger partial charge in [-0.25, -0.2) is 13.2 Å². The van der Waals surface area contributed by atoms with Gasteiger partial charge in [0.15, 0.2) is 6.61 Å². The van der Waals surface area contributed by atoms with Crippen LogP contribution < -0.4 is 10.0 Å². The highest BCUT2D eigenvalue weighted by atomic mass is 32.2. The number of anilines is 1. The zero-order chi connectivity index (χ0) is 23.2. The van der Waals surface area contributed by atoms with Crippen LogP contribution in [-0.2, 0) is 19.6 Å². The number of benzene rings is 2. The highest BCUT2D eigenvalue weighted by molar-refractivity contribution is 7.92. The fourth-order valence-electron chi connectivity index (χ4n) is 2.39. The molecular weight excluding hydrogens is 426 g/mol. The molecule has 2 rings (SSSR count). The minimum Gasteiger partial charge on any atom is -0.452 e. The summed E-state index contributed by atoms with van der Waals surface area (Å²) >= 11 is 0. The van der Waals surface area contributed by atoms with Gasteiger partial charge in [0.2, 0.25) is 0 Å². The predicted molar refractivity (Wildman–Crippen MR) is 113 cm³/mol. The maximum Gasteiger partial charge on any atom is 0.340 e. The van der Waals surface area contributed by atoms with Crippen molar-refractivity contribution in [2.24, 2.45) is 5.92 Å². The van der Waals surface area contributed by atoms with Crippen molar-refractivity contribution in [2.75, 3.05) is 11.3 Å². The third-order valence-electron chi connectivity index (χ3n) is 4.45. The Morgan fingerprint density at radius 3 is 2.42 bits per heavy atom. The van der Waals surface area contributed by atoms with Crippen LogP contribution >= 0.6 is 0 Å². The number of nitrogens with one attached hydrogen (secondary N) is 2. The smallest absolute Gasteiger partial charge is 0.340 e. The van der Waals surface area contributed by atoms with E-state index in [-0.39, 0.29) is 28.1 Å². The number of carbonyl (C=O) groups is 2. The van der Waals surface area contributed by atoms with Crippen LogP contribution in [0.2, 0.25) is 0 Å². The van der Waals surface area contributed by atoms with Crippen molar-refractivity contribution in [1.82, 2.24) is 5.32 Å². The van der Waals surface area contributed by atoms with Gasteiger partial charge >= 0.3 is 5.97 Å². The Labute approximate surface area is 179 Å². The van der Waals surface area contributed by atoms with Gasteiger partial charge in [0.05, 0.1) is 21.1 Å². The second-order valence-corrected chi connectivity index (χ2v) is 8.76. The van der Waals surface area contributed by atoms with Crippen LogP contribution in [0.15, 0.2) is 53.4 Å². The molecule has 0 aliphatic heterocycles. The van der Waals surface area contributed by atoms with Gasteiger partial charge in [0.25, 0.3) is 21.6 Å². The van der Waals surface area contributed by atoms with Crippen LogP contribution in [0.25, 0.3) is 0 Å². The van der Waals surface area contributed by atoms with E-state index in [1.54, 1.807) is 0 Å². The molecule has 2 aromatic carbocycles. The van der Waals surface area contributed by atoms with Gasteiger partial charge in [-0.15, -0.1) is 0 Å². The molecule has 0 saturated heterocycles. The van der Waals surface area contributed by atoms with Gasteiger partial charge in [-0.1, -0.05) is 32.0 Å². The topological polar surface area (TPSA) is 145 Å². The molecule has 0 aromatic heterocycles. The second kappa shape index (κ2) is 10.0. The number of ether oxygens (including phenoxy) is 1. The van der Waals surface area contributed by atoms with Gasteiger partial charge in [0, 0.05) is 18.2 Å². The summed E-state index contributed by atoms with van der Waals surface area (Å²) in [6.45, 7) is 5.16. The van der Waals surface area contributed by atoms with Crippen LogP contribution in [0.5, 0.6) is 0 Å². The van der Waals surface area contributed by atoms with E-state index in [4.69, 9.17) is 4.74 Å². The molecule has 0 heterocycles. The summed E-state index contributed by atoms with van der Waals surface area (Å²) in [7, 11) is -4.22. The number of esters is 1. The SMILES string of the molecule is CC(C)C(C)NC(=O)COC(=O)c1ccccc1NS(=O)(=O)c1cccc([N+](=O)[O-])c1. The Morgan fingerprint density at radius 2 is 1.77 bits per heavy atom. The molecule has 0 spiro atoms. The van der Waals surface area contributed by atoms with E-state index in [1.807, 2.05) is 20.8 Å². The molecule has 1 amide bonds. The van der Waals surface area contributed by atoms with Gasteiger partial charge in [-0.05, 0) is 31.0 Å². The molecule has 0 aliphatic rings. The average molecular weight is 449 g/mol. The Bertz CT molecular complexity index is 1080. The maximum atomic E-state index is 12.7. The fourth-order valence-corrected chi connectivity index (χ4v) is 3.51. The van der Waals surface area contributed by atoms with Gasteiger partial charge in [-0.2, -0.15) is 0 Å². The molecule has 10 nitrogen and oxygen atoms in total. The van der Waals surface area contributed by atoms with Crippen molar-refractivity contribution in [1.29, 1.82) is 0 Å². The van der Waals surface area contributed by atoms with E-state index in [2.05, 4.69) is 10.0 Å². The Balaban J connectivity index is 2.16. The monoisotopic (exact) mass is 449 g/mol. The molecule has 11 heteroatoms. The zero-order valence-electron chi connectivity index (χ0n) is 17.2. The summed E-state index contributed by atoms with van der Waals surface area (Å²) in [5.41, 5.74) is -0.589. The van der Waals surface area contributed by atoms with Crippen LogP contribution in [-0.4, -0.2) is 37.9 Å². The van der Waals surface area contributed by atoms with Crippen LogP contribution in [0, 0.1) is 16.0 Å². The van der Waals surface area contributed by atoms with E-state index in [0.717, 1.165) is 12.1 Å². The normalized spacial score (nSPS) is 12.1. The van der Waals surface area contributed by atoms with E-state index < -0.39 is 39.1 Å². The van der Waals surface area contributed by atoms with E-state index in [9.17, 15) is 28.1 Å². The van der Waals surface area contributed by atoms with Gasteiger partial charge in [0.1, 0.15) is 0 Å². The number of nitro groups is 1. The van der Waals surface area contributed by atoms with Gasteiger partial charge in [-0.3, -0.25) is 19.6 Å². The minimum absolute atomic E-state index is 0.0880. The fraction of sp³-hybridized carbons (Fsp3) is 0.300. The number of nitro benzene ring substituents is 1. The van der Waals surface area contributed by atoms with Crippen molar-refractivity contribution in [3.05, 3.63) is 64.2 Å². The molecular formula is C20H23N3O7S. The number of non-ortho nitro benzene ring substituents is 1. The minimum atomic E-state index is -4.22. The quantitative estimate of drug-likeness (QED) is 0.340. The van der Waals surface area contributed by atoms with Crippen molar-refractivity contribution in [3.8, 4) is 0 Å². The highest BCUT2D eigenvalue weighted by Crippen LogP contribution is 2.23. The number of rotatable bonds is 9. The summed E-state index contributed by atoms with van der Waals surface area (Å²) < 4.78 is 32.5. The zero-order valence-corrected chi connectivity index (χ0v) is 18.0. The first-order chi connectivity index (χ1) is 14.5. The molecule has 0 aliphatic carbocycles. The predicted octanol–water partition coefficient (Wildman–Crippen LogP) is 2.71. The molecule has 0 saturated carbocycles. The molecule has 0 radical (unpaired) electrons. The van der Waals surface area contributed by atoms with E-state index >= 15 is 0 Å². The third-order valence-corrected chi connectivity index (χ3v) is 5.82. The summed E-state index contributed by atoms with van der Waals surface area (Å²) in [4.78, 5) is 34.2. The summed E-state index contributed by atoms with van der Waals surface area (Å²) in [6.07, 6.45) is 0. The largest absolute Gasteiger partial charge is 0.452 e. The number of sulfonamides is 1. The Hall–Kier alpha value is -3.47. The first-order valence-electron chi connectivity index (χ1n) is 9.34. The Kier molecular flexibility index (Phi) is 7.70. The van der Waals surface area contributed by atoms with Crippen molar-refractivity contribution in [3.63, 3.8) is 0 Å². The molecule has 31 heavy (non-hydrogen) atoms. The van der Waals surface area contributed by atoms with E-state index in [0.29, 0.717) is 0 Å². The number of para-hydroxylation sites is 1. The van der Waals surface area contributed by atoms with E-state index in [1.165, 1.54) is 36.4 Å². The lowest BCUT2D eigenvalue weighted by molar-refractivity contribution is -0.385. The highest BCUT2D eigenvalue weighted by Gasteiger charge is 2.22. The number of carbonyl (C=O) groups excluding carboxylic acids is 2. The van der Waals surface area contributed by atoms with Crippen molar-refractivity contribution >= 4 is 33.3 Å². The van der Waals surface area contributed by atoms with Crippen LogP contribution in [0.3, 0.4) is 0 Å². The van der Waals surface area contributed by atoms with Crippen LogP contribution in [0.1, 0.15) is 31.1 Å². The number of hydrogen-bond acceptors (Lipinski definition) is 7. The third kappa shape index (κ3) is 6.51. The second-order valence-electron chi connectivity index (χ2n) is 7.08. The molecule has 2 N–H and O–H groups in total. The first-order valence-corrected chi connectivity index (χ1v) is 10.8. The lowest BCUT2D eigenvalue weighted by Gasteiger charge is -2.17. The lowest BCUT2D eigenvalue weighted by atomic mass is 10.1. The van der Waals surface area contributed by atoms with Crippen molar-refractivity contribution in [2.45, 2.75) is 31.7 Å². The molecule has 1 atom stereocenters. The summed E-state index contributed by atoms with van der Waals surface area (Å²) in [5.74, 6) is -1.18. The number of amides is 1. The molecule has 0 bridgehead atoms. The average Bonchev–Trinajstić information content (AvgIpc) is 2.72. The standard InChI is InChI=1S/C20H23N3O7S/c1-13(2)14(3)21-19(24)12-30-20(25)17-9-4-5-10-18(17)22-31(28,29)16-8-6-7-15(11-16)23(26)27/h4-11,13-14,22H,12H2,1-3H3,(H,21,24). The van der Waals surface area contributed by atoms with Crippen LogP contribution in [0.4, 0.5) is 11.4 Å². The maximum absolute atomic E-state index is 12.7. The Morgan fingerprint density at radius 1 is 1.10 bits per heavy atom. The lowest BCUT2D eigenvalue weighted by Crippen LogP contribution is -2.38. The summed E-state index contributed by atoms with van der Waals surface area (Å²) in [5, 5.41) is 13.6. The molecule has 2 aromatic rings.